The van der Waals surface area contributed by atoms with E-state index in [9.17, 15) is 0 Å². The summed E-state index contributed by atoms with van der Waals surface area (Å²) in [7, 11) is 0. The number of nitrogens with zero attached hydrogens (tertiary/aromatic N) is 3. The van der Waals surface area contributed by atoms with E-state index in [-0.39, 0.29) is 0 Å². The summed E-state index contributed by atoms with van der Waals surface area (Å²) < 4.78 is 0.997. The Balaban J connectivity index is 1.96. The molecule has 0 radical (unpaired) electrons. The molecule has 0 unspecified atom stereocenters. The van der Waals surface area contributed by atoms with E-state index in [0.717, 1.165) is 25.7 Å². The van der Waals surface area contributed by atoms with E-state index in [1.54, 1.807) is 6.20 Å². The summed E-state index contributed by atoms with van der Waals surface area (Å²) in [4.78, 5) is 13.7. The largest absolute Gasteiger partial charge is 0.383 e. The van der Waals surface area contributed by atoms with E-state index in [2.05, 4.69) is 32.6 Å². The zero-order chi connectivity index (χ0) is 14.4. The van der Waals surface area contributed by atoms with Crippen LogP contribution in [0.1, 0.15) is 24.5 Å². The standard InChI is InChI=1S/C16H13IN4/c17-13-14(9-5-6-9)20-16(21-15(13)18)11-7-8-19-12-4-2-1-3-10(11)12/h1-4,7-9H,5-6H2,(H2,18,20,21). The second kappa shape index (κ2) is 4.91. The summed E-state index contributed by atoms with van der Waals surface area (Å²) in [5, 5.41) is 1.06. The SMILES string of the molecule is Nc1nc(-c2ccnc3ccccc23)nc(C2CC2)c1I. The number of halogens is 1. The molecule has 0 saturated heterocycles. The summed E-state index contributed by atoms with van der Waals surface area (Å²) in [6.45, 7) is 0. The highest BCUT2D eigenvalue weighted by Crippen LogP contribution is 2.42. The van der Waals surface area contributed by atoms with Crippen LogP contribution in [-0.2, 0) is 0 Å². The smallest absolute Gasteiger partial charge is 0.162 e. The van der Waals surface area contributed by atoms with Crippen LogP contribution in [-0.4, -0.2) is 15.0 Å². The van der Waals surface area contributed by atoms with Crippen LogP contribution in [0.25, 0.3) is 22.3 Å². The van der Waals surface area contributed by atoms with E-state index in [4.69, 9.17) is 10.7 Å². The molecule has 1 aromatic carbocycles. The van der Waals surface area contributed by atoms with Gasteiger partial charge in [0, 0.05) is 23.1 Å². The number of nitrogen functional groups attached to an aromatic ring is 1. The molecule has 4 nitrogen and oxygen atoms in total. The maximum absolute atomic E-state index is 6.09. The molecule has 2 aromatic heterocycles. The number of pyridine rings is 1. The molecule has 104 valence electrons. The van der Waals surface area contributed by atoms with Gasteiger partial charge < -0.3 is 5.73 Å². The molecule has 1 fully saturated rings. The number of rotatable bonds is 2. The minimum Gasteiger partial charge on any atom is -0.383 e. The quantitative estimate of drug-likeness (QED) is 0.680. The predicted molar refractivity (Wildman–Crippen MR) is 91.9 cm³/mol. The van der Waals surface area contributed by atoms with Crippen molar-refractivity contribution in [2.75, 3.05) is 5.73 Å². The molecule has 0 bridgehead atoms. The van der Waals surface area contributed by atoms with E-state index >= 15 is 0 Å². The molecule has 2 N–H and O–H groups in total. The lowest BCUT2D eigenvalue weighted by molar-refractivity contribution is 0.983. The van der Waals surface area contributed by atoms with Crippen LogP contribution in [0.2, 0.25) is 0 Å². The van der Waals surface area contributed by atoms with Crippen molar-refractivity contribution in [2.24, 2.45) is 0 Å². The molecule has 4 rings (SSSR count). The summed E-state index contributed by atoms with van der Waals surface area (Å²) in [5.74, 6) is 1.82. The Bertz CT molecular complexity index is 838. The first kappa shape index (κ1) is 12.9. The molecule has 5 heteroatoms. The van der Waals surface area contributed by atoms with Gasteiger partial charge in [0.1, 0.15) is 5.82 Å². The Kier molecular flexibility index (Phi) is 3.02. The van der Waals surface area contributed by atoms with Gasteiger partial charge in [0.15, 0.2) is 5.82 Å². The highest BCUT2D eigenvalue weighted by atomic mass is 127. The molecule has 1 aliphatic rings. The molecule has 0 aliphatic heterocycles. The van der Waals surface area contributed by atoms with Crippen molar-refractivity contribution in [3.63, 3.8) is 0 Å². The van der Waals surface area contributed by atoms with Gasteiger partial charge in [-0.2, -0.15) is 0 Å². The van der Waals surface area contributed by atoms with Gasteiger partial charge in [-0.25, -0.2) is 9.97 Å². The topological polar surface area (TPSA) is 64.7 Å². The van der Waals surface area contributed by atoms with E-state index in [1.165, 1.54) is 12.8 Å². The van der Waals surface area contributed by atoms with Gasteiger partial charge in [0.25, 0.3) is 0 Å². The molecular formula is C16H13IN4. The number of hydrogen-bond acceptors (Lipinski definition) is 4. The first-order valence-corrected chi connectivity index (χ1v) is 7.99. The molecule has 0 spiro atoms. The summed E-state index contributed by atoms with van der Waals surface area (Å²) in [6, 6.07) is 9.99. The van der Waals surface area contributed by atoms with Gasteiger partial charge in [-0.1, -0.05) is 18.2 Å². The molecule has 1 saturated carbocycles. The van der Waals surface area contributed by atoms with Crippen LogP contribution < -0.4 is 5.73 Å². The number of aromatic nitrogens is 3. The number of benzene rings is 1. The zero-order valence-electron chi connectivity index (χ0n) is 11.3. The van der Waals surface area contributed by atoms with Crippen molar-refractivity contribution < 1.29 is 0 Å². The van der Waals surface area contributed by atoms with Crippen molar-refractivity contribution in [1.29, 1.82) is 0 Å². The third kappa shape index (κ3) is 2.25. The third-order valence-corrected chi connectivity index (χ3v) is 4.86. The summed E-state index contributed by atoms with van der Waals surface area (Å²) in [5.41, 5.74) is 9.13. The van der Waals surface area contributed by atoms with Crippen molar-refractivity contribution in [2.45, 2.75) is 18.8 Å². The normalized spacial score (nSPS) is 14.5. The molecule has 2 heterocycles. The van der Waals surface area contributed by atoms with Crippen LogP contribution in [0, 0.1) is 3.57 Å². The van der Waals surface area contributed by atoms with Crippen LogP contribution in [0.15, 0.2) is 36.5 Å². The fourth-order valence-electron chi connectivity index (χ4n) is 2.52. The van der Waals surface area contributed by atoms with E-state index in [1.807, 2.05) is 30.3 Å². The van der Waals surface area contributed by atoms with Gasteiger partial charge in [-0.15, -0.1) is 0 Å². The Hall–Kier alpha value is -1.76. The predicted octanol–water partition coefficient (Wildman–Crippen LogP) is 3.76. The second-order valence-electron chi connectivity index (χ2n) is 5.28. The highest BCUT2D eigenvalue weighted by molar-refractivity contribution is 14.1. The first-order valence-electron chi connectivity index (χ1n) is 6.91. The number of fused-ring (bicyclic) bond motifs is 1. The van der Waals surface area contributed by atoms with Crippen molar-refractivity contribution in [1.82, 2.24) is 15.0 Å². The number of nitrogens with two attached hydrogens (primary N) is 1. The van der Waals surface area contributed by atoms with Crippen molar-refractivity contribution >= 4 is 39.3 Å². The lowest BCUT2D eigenvalue weighted by Crippen LogP contribution is -2.04. The average Bonchev–Trinajstić information content (AvgIpc) is 3.34. The highest BCUT2D eigenvalue weighted by Gasteiger charge is 2.29. The maximum atomic E-state index is 6.09. The average molecular weight is 388 g/mol. The minimum atomic E-state index is 0.550. The minimum absolute atomic E-state index is 0.550. The Labute approximate surface area is 136 Å². The van der Waals surface area contributed by atoms with Crippen molar-refractivity contribution in [3.8, 4) is 11.4 Å². The van der Waals surface area contributed by atoms with E-state index < -0.39 is 0 Å². The Morgan fingerprint density at radius 2 is 1.90 bits per heavy atom. The van der Waals surface area contributed by atoms with Crippen LogP contribution in [0.5, 0.6) is 0 Å². The summed E-state index contributed by atoms with van der Waals surface area (Å²) in [6.07, 6.45) is 4.19. The molecule has 3 aromatic rings. The molecule has 0 atom stereocenters. The van der Waals surface area contributed by atoms with Crippen LogP contribution in [0.4, 0.5) is 5.82 Å². The van der Waals surface area contributed by atoms with Gasteiger partial charge in [0.2, 0.25) is 0 Å². The second-order valence-corrected chi connectivity index (χ2v) is 6.36. The molecule has 21 heavy (non-hydrogen) atoms. The fraction of sp³-hybridized carbons (Fsp3) is 0.188. The number of para-hydroxylation sites is 1. The van der Waals surface area contributed by atoms with Gasteiger partial charge in [0.05, 0.1) is 14.8 Å². The maximum Gasteiger partial charge on any atom is 0.162 e. The lowest BCUT2D eigenvalue weighted by Gasteiger charge is -2.10. The van der Waals surface area contributed by atoms with E-state index in [0.29, 0.717) is 17.6 Å². The number of anilines is 1. The van der Waals surface area contributed by atoms with Gasteiger partial charge in [-0.05, 0) is 47.6 Å². The zero-order valence-corrected chi connectivity index (χ0v) is 13.4. The summed E-state index contributed by atoms with van der Waals surface area (Å²) >= 11 is 2.25. The van der Waals surface area contributed by atoms with Crippen LogP contribution >= 0.6 is 22.6 Å². The lowest BCUT2D eigenvalue weighted by atomic mass is 10.1. The first-order chi connectivity index (χ1) is 10.2. The third-order valence-electron chi connectivity index (χ3n) is 3.76. The van der Waals surface area contributed by atoms with Gasteiger partial charge >= 0.3 is 0 Å². The monoisotopic (exact) mass is 388 g/mol. The molecule has 1 aliphatic carbocycles. The molecule has 0 amide bonds. The number of hydrogen-bond donors (Lipinski definition) is 1. The van der Waals surface area contributed by atoms with Crippen molar-refractivity contribution in [3.05, 3.63) is 45.8 Å². The Morgan fingerprint density at radius 3 is 2.71 bits per heavy atom. The fourth-order valence-corrected chi connectivity index (χ4v) is 3.20. The van der Waals surface area contributed by atoms with Gasteiger partial charge in [-0.3, -0.25) is 4.98 Å². The van der Waals surface area contributed by atoms with Crippen LogP contribution in [0.3, 0.4) is 0 Å². The molecular weight excluding hydrogens is 375 g/mol. The Morgan fingerprint density at radius 1 is 1.10 bits per heavy atom.